The van der Waals surface area contributed by atoms with Gasteiger partial charge in [0.2, 0.25) is 11.8 Å². The average Bonchev–Trinajstić information content (AvgIpc) is 3.00. The second kappa shape index (κ2) is 16.4. The van der Waals surface area contributed by atoms with E-state index in [4.69, 9.17) is 14.2 Å². The van der Waals surface area contributed by atoms with Crippen LogP contribution in [0.3, 0.4) is 0 Å². The second-order valence-corrected chi connectivity index (χ2v) is 9.19. The van der Waals surface area contributed by atoms with Crippen molar-refractivity contribution in [2.24, 2.45) is 5.10 Å². The van der Waals surface area contributed by atoms with Crippen LogP contribution in [0.25, 0.3) is 0 Å². The van der Waals surface area contributed by atoms with Crippen LogP contribution in [-0.4, -0.2) is 49.7 Å². The number of benzene rings is 3. The largest absolute Gasteiger partial charge is 0.490 e. The van der Waals surface area contributed by atoms with Gasteiger partial charge in [0.1, 0.15) is 0 Å². The lowest BCUT2D eigenvalue weighted by Crippen LogP contribution is -2.21. The molecular formula is C31H31F3N4O7. The van der Waals surface area contributed by atoms with E-state index >= 15 is 0 Å². The Balaban J connectivity index is 1.47. The number of amides is 3. The molecule has 0 unspecified atom stereocenters. The monoisotopic (exact) mass is 628 g/mol. The molecule has 0 heterocycles. The molecule has 0 saturated carbocycles. The summed E-state index contributed by atoms with van der Waals surface area (Å²) in [6.07, 6.45) is -3.74. The number of nitrogens with zero attached hydrogens (tertiary/aromatic N) is 1. The van der Waals surface area contributed by atoms with Gasteiger partial charge in [-0.3, -0.25) is 14.4 Å². The van der Waals surface area contributed by atoms with Gasteiger partial charge in [-0.1, -0.05) is 6.07 Å². The van der Waals surface area contributed by atoms with E-state index in [-0.39, 0.29) is 37.5 Å². The van der Waals surface area contributed by atoms with Crippen molar-refractivity contribution in [3.8, 4) is 11.5 Å². The third-order valence-electron chi connectivity index (χ3n) is 5.76. The molecule has 0 radical (unpaired) electrons. The van der Waals surface area contributed by atoms with E-state index in [2.05, 4.69) is 21.2 Å². The van der Waals surface area contributed by atoms with Gasteiger partial charge in [-0.05, 0) is 80.1 Å². The van der Waals surface area contributed by atoms with Gasteiger partial charge in [0.05, 0.1) is 30.6 Å². The van der Waals surface area contributed by atoms with E-state index in [0.717, 1.165) is 12.1 Å². The molecule has 238 valence electrons. The quantitative estimate of drug-likeness (QED) is 0.127. The smallest absolute Gasteiger partial charge is 0.416 e. The molecule has 11 nitrogen and oxygen atoms in total. The van der Waals surface area contributed by atoms with E-state index in [0.29, 0.717) is 29.2 Å². The van der Waals surface area contributed by atoms with Gasteiger partial charge < -0.3 is 24.8 Å². The standard InChI is InChI=1S/C31H31F3N4O7/c1-3-43-26-16-20(8-13-25(26)45-19-29(41)36-23-11-9-21(10-12-23)30(42)44-4-2)18-35-38-28(40)15-14-27(39)37-24-7-5-6-22(17-24)31(32,33)34/h5-13,16-18H,3-4,14-15,19H2,1-2H3,(H,36,41)(H,37,39)(H,38,40). The van der Waals surface area contributed by atoms with E-state index in [1.807, 2.05) is 0 Å². The summed E-state index contributed by atoms with van der Waals surface area (Å²) in [4.78, 5) is 48.3. The predicted molar refractivity (Wildman–Crippen MR) is 159 cm³/mol. The number of hydrogen-bond acceptors (Lipinski definition) is 8. The maximum atomic E-state index is 12.8. The summed E-state index contributed by atoms with van der Waals surface area (Å²) in [5, 5.41) is 8.85. The fourth-order valence-electron chi connectivity index (χ4n) is 3.70. The molecule has 0 saturated heterocycles. The van der Waals surface area contributed by atoms with E-state index in [1.165, 1.54) is 30.5 Å². The van der Waals surface area contributed by atoms with Crippen molar-refractivity contribution in [3.05, 3.63) is 83.4 Å². The highest BCUT2D eigenvalue weighted by molar-refractivity contribution is 5.94. The Hall–Kier alpha value is -5.40. The van der Waals surface area contributed by atoms with Crippen molar-refractivity contribution in [2.75, 3.05) is 30.5 Å². The van der Waals surface area contributed by atoms with Crippen molar-refractivity contribution in [3.63, 3.8) is 0 Å². The SMILES string of the molecule is CCOC(=O)c1ccc(NC(=O)COc2ccc(C=NNC(=O)CCC(=O)Nc3cccc(C(F)(F)F)c3)cc2OCC)cc1. The van der Waals surface area contributed by atoms with E-state index in [1.54, 1.807) is 44.2 Å². The van der Waals surface area contributed by atoms with Crippen molar-refractivity contribution < 1.29 is 46.6 Å². The van der Waals surface area contributed by atoms with E-state index in [9.17, 15) is 32.3 Å². The van der Waals surface area contributed by atoms with Crippen LogP contribution < -0.4 is 25.5 Å². The highest BCUT2D eigenvalue weighted by Gasteiger charge is 2.30. The van der Waals surface area contributed by atoms with Crippen LogP contribution >= 0.6 is 0 Å². The zero-order valence-corrected chi connectivity index (χ0v) is 24.4. The molecule has 45 heavy (non-hydrogen) atoms. The number of carbonyl (C=O) groups is 4. The summed E-state index contributed by atoms with van der Waals surface area (Å²) in [7, 11) is 0. The minimum absolute atomic E-state index is 0.0338. The van der Waals surface area contributed by atoms with Gasteiger partial charge in [0.25, 0.3) is 5.91 Å². The van der Waals surface area contributed by atoms with Crippen molar-refractivity contribution in [1.29, 1.82) is 0 Å². The molecule has 14 heteroatoms. The number of ether oxygens (including phenoxy) is 3. The minimum Gasteiger partial charge on any atom is -0.490 e. The van der Waals surface area contributed by atoms with Gasteiger partial charge in [0.15, 0.2) is 18.1 Å². The Bertz CT molecular complexity index is 1530. The molecule has 3 rings (SSSR count). The fraction of sp³-hybridized carbons (Fsp3) is 0.258. The summed E-state index contributed by atoms with van der Waals surface area (Å²) >= 11 is 0. The Morgan fingerprint density at radius 1 is 0.778 bits per heavy atom. The topological polar surface area (TPSA) is 144 Å². The number of hydrazone groups is 1. The Morgan fingerprint density at radius 2 is 1.49 bits per heavy atom. The van der Waals surface area contributed by atoms with Gasteiger partial charge in [-0.15, -0.1) is 0 Å². The third-order valence-corrected chi connectivity index (χ3v) is 5.76. The number of rotatable bonds is 14. The van der Waals surface area contributed by atoms with Crippen LogP contribution in [0.2, 0.25) is 0 Å². The second-order valence-electron chi connectivity index (χ2n) is 9.19. The highest BCUT2D eigenvalue weighted by atomic mass is 19.4. The Labute approximate surface area is 256 Å². The molecule has 0 aliphatic carbocycles. The Kier molecular flexibility index (Phi) is 12.5. The van der Waals surface area contributed by atoms with Crippen molar-refractivity contribution in [2.45, 2.75) is 32.9 Å². The number of nitrogens with one attached hydrogen (secondary N) is 3. The first kappa shape index (κ1) is 34.1. The highest BCUT2D eigenvalue weighted by Crippen LogP contribution is 2.31. The summed E-state index contributed by atoms with van der Waals surface area (Å²) < 4.78 is 54.7. The number of halogens is 3. The lowest BCUT2D eigenvalue weighted by molar-refractivity contribution is -0.137. The lowest BCUT2D eigenvalue weighted by Gasteiger charge is -2.13. The Morgan fingerprint density at radius 3 is 2.18 bits per heavy atom. The van der Waals surface area contributed by atoms with Crippen LogP contribution in [0, 0.1) is 0 Å². The minimum atomic E-state index is -4.55. The predicted octanol–water partition coefficient (Wildman–Crippen LogP) is 5.17. The number of carbonyl (C=O) groups excluding carboxylic acids is 4. The molecule has 0 spiro atoms. The van der Waals surface area contributed by atoms with Crippen molar-refractivity contribution in [1.82, 2.24) is 5.43 Å². The summed E-state index contributed by atoms with van der Waals surface area (Å²) in [5.74, 6) is -1.51. The number of anilines is 2. The molecule has 0 aliphatic rings. The number of esters is 1. The average molecular weight is 629 g/mol. The first-order valence-electron chi connectivity index (χ1n) is 13.7. The summed E-state index contributed by atoms with van der Waals surface area (Å²) in [6.45, 7) is 3.70. The molecule has 0 bridgehead atoms. The molecule has 0 fully saturated rings. The molecule has 3 N–H and O–H groups in total. The maximum Gasteiger partial charge on any atom is 0.416 e. The molecule has 0 atom stereocenters. The lowest BCUT2D eigenvalue weighted by atomic mass is 10.2. The first-order chi connectivity index (χ1) is 21.5. The van der Waals surface area contributed by atoms with Gasteiger partial charge in [0, 0.05) is 24.2 Å². The molecule has 3 aromatic rings. The van der Waals surface area contributed by atoms with Crippen LogP contribution in [0.15, 0.2) is 71.8 Å². The van der Waals surface area contributed by atoms with Gasteiger partial charge in [-0.25, -0.2) is 10.2 Å². The summed E-state index contributed by atoms with van der Waals surface area (Å²) in [6, 6.07) is 15.1. The normalized spacial score (nSPS) is 11.0. The number of alkyl halides is 3. The zero-order chi connectivity index (χ0) is 32.8. The molecule has 3 amide bonds. The third kappa shape index (κ3) is 11.3. The van der Waals surface area contributed by atoms with Crippen LogP contribution in [-0.2, 0) is 25.3 Å². The molecule has 0 aliphatic heterocycles. The fourth-order valence-corrected chi connectivity index (χ4v) is 3.70. The van der Waals surface area contributed by atoms with Crippen LogP contribution in [0.4, 0.5) is 24.5 Å². The number of hydrogen-bond donors (Lipinski definition) is 3. The van der Waals surface area contributed by atoms with E-state index < -0.39 is 35.4 Å². The summed E-state index contributed by atoms with van der Waals surface area (Å²) in [5.41, 5.74) is 2.69. The van der Waals surface area contributed by atoms with Gasteiger partial charge >= 0.3 is 12.1 Å². The van der Waals surface area contributed by atoms with Gasteiger partial charge in [-0.2, -0.15) is 18.3 Å². The van der Waals surface area contributed by atoms with Crippen LogP contribution in [0.1, 0.15) is 48.2 Å². The van der Waals surface area contributed by atoms with Crippen molar-refractivity contribution >= 4 is 41.3 Å². The van der Waals surface area contributed by atoms with Crippen LogP contribution in [0.5, 0.6) is 11.5 Å². The first-order valence-corrected chi connectivity index (χ1v) is 13.7. The zero-order valence-electron chi connectivity index (χ0n) is 24.4. The molecule has 0 aromatic heterocycles. The molecular weight excluding hydrogens is 597 g/mol. The maximum absolute atomic E-state index is 12.8. The molecule has 3 aromatic carbocycles.